The summed E-state index contributed by atoms with van der Waals surface area (Å²) < 4.78 is 0. The summed E-state index contributed by atoms with van der Waals surface area (Å²) in [5.41, 5.74) is 5.88. The molecule has 0 spiro atoms. The van der Waals surface area contributed by atoms with Crippen molar-refractivity contribution >= 4 is 5.91 Å². The van der Waals surface area contributed by atoms with Gasteiger partial charge in [0.1, 0.15) is 0 Å². The Morgan fingerprint density at radius 3 is 2.11 bits per heavy atom. The van der Waals surface area contributed by atoms with Gasteiger partial charge in [-0.25, -0.2) is 0 Å². The Kier molecular flexibility index (Phi) is 7.48. The summed E-state index contributed by atoms with van der Waals surface area (Å²) in [6.45, 7) is 8.69. The van der Waals surface area contributed by atoms with Crippen LogP contribution in [0.3, 0.4) is 0 Å². The molecule has 2 N–H and O–H groups in total. The van der Waals surface area contributed by atoms with E-state index in [1.165, 1.54) is 0 Å². The first kappa shape index (κ1) is 17.4. The molecule has 0 fully saturated rings. The van der Waals surface area contributed by atoms with Crippen molar-refractivity contribution in [1.29, 1.82) is 0 Å². The molecule has 0 aliphatic carbocycles. The molecule has 1 unspecified atom stereocenters. The summed E-state index contributed by atoms with van der Waals surface area (Å²) in [4.78, 5) is 16.2. The minimum Gasteiger partial charge on any atom is -0.345 e. The molecule has 1 atom stereocenters. The third-order valence-corrected chi connectivity index (χ3v) is 2.97. The lowest BCUT2D eigenvalue weighted by atomic mass is 9.84. The number of rotatable bonds is 7. The lowest BCUT2D eigenvalue weighted by molar-refractivity contribution is -0.134. The van der Waals surface area contributed by atoms with Crippen LogP contribution in [0.5, 0.6) is 0 Å². The minimum atomic E-state index is -0.0469. The van der Waals surface area contributed by atoms with Gasteiger partial charge >= 0.3 is 0 Å². The van der Waals surface area contributed by atoms with Gasteiger partial charge in [0.25, 0.3) is 0 Å². The Morgan fingerprint density at radius 2 is 1.72 bits per heavy atom. The van der Waals surface area contributed by atoms with Crippen LogP contribution in [0.15, 0.2) is 0 Å². The highest BCUT2D eigenvalue weighted by Crippen LogP contribution is 2.24. The highest BCUT2D eigenvalue weighted by Gasteiger charge is 2.25. The fourth-order valence-corrected chi connectivity index (χ4v) is 2.06. The molecular weight excluding hydrogens is 226 g/mol. The van der Waals surface area contributed by atoms with Crippen LogP contribution in [-0.4, -0.2) is 56.5 Å². The van der Waals surface area contributed by atoms with Gasteiger partial charge in [-0.2, -0.15) is 0 Å². The van der Waals surface area contributed by atoms with Crippen molar-refractivity contribution in [2.45, 2.75) is 33.6 Å². The van der Waals surface area contributed by atoms with Crippen LogP contribution in [0.1, 0.15) is 33.6 Å². The van der Waals surface area contributed by atoms with Crippen molar-refractivity contribution in [3.8, 4) is 0 Å². The summed E-state index contributed by atoms with van der Waals surface area (Å²) in [5, 5.41) is 0. The van der Waals surface area contributed by atoms with E-state index >= 15 is 0 Å². The monoisotopic (exact) mass is 257 g/mol. The second-order valence-corrected chi connectivity index (χ2v) is 6.61. The van der Waals surface area contributed by atoms with E-state index in [0.29, 0.717) is 6.54 Å². The van der Waals surface area contributed by atoms with Gasteiger partial charge in [-0.1, -0.05) is 20.8 Å². The first-order chi connectivity index (χ1) is 8.17. The smallest absolute Gasteiger partial charge is 0.226 e. The van der Waals surface area contributed by atoms with Gasteiger partial charge in [0, 0.05) is 20.1 Å². The summed E-state index contributed by atoms with van der Waals surface area (Å²) >= 11 is 0. The Labute approximate surface area is 113 Å². The molecule has 0 aliphatic heterocycles. The van der Waals surface area contributed by atoms with Crippen molar-refractivity contribution in [1.82, 2.24) is 9.80 Å². The van der Waals surface area contributed by atoms with Gasteiger partial charge in [-0.15, -0.1) is 0 Å². The molecule has 0 rings (SSSR count). The molecule has 0 aliphatic rings. The van der Waals surface area contributed by atoms with Crippen LogP contribution in [0.25, 0.3) is 0 Å². The van der Waals surface area contributed by atoms with E-state index in [-0.39, 0.29) is 17.2 Å². The Balaban J connectivity index is 4.23. The number of nitrogens with two attached hydrogens (primary N) is 1. The fraction of sp³-hybridized carbons (Fsp3) is 0.929. The molecule has 0 radical (unpaired) electrons. The number of hydrogen-bond donors (Lipinski definition) is 1. The molecule has 0 aromatic heterocycles. The van der Waals surface area contributed by atoms with E-state index < -0.39 is 0 Å². The highest BCUT2D eigenvalue weighted by molar-refractivity contribution is 5.78. The second kappa shape index (κ2) is 7.74. The van der Waals surface area contributed by atoms with Gasteiger partial charge in [0.2, 0.25) is 5.91 Å². The maximum atomic E-state index is 12.3. The zero-order chi connectivity index (χ0) is 14.3. The Morgan fingerprint density at radius 1 is 1.17 bits per heavy atom. The predicted molar refractivity (Wildman–Crippen MR) is 77.4 cm³/mol. The van der Waals surface area contributed by atoms with Crippen molar-refractivity contribution in [2.24, 2.45) is 17.1 Å². The minimum absolute atomic E-state index is 0.0469. The topological polar surface area (TPSA) is 49.6 Å². The molecule has 0 saturated heterocycles. The third kappa shape index (κ3) is 7.67. The molecule has 1 amide bonds. The zero-order valence-corrected chi connectivity index (χ0v) is 13.0. The molecule has 0 saturated carbocycles. The Hall–Kier alpha value is -0.610. The zero-order valence-electron chi connectivity index (χ0n) is 13.0. The first-order valence-corrected chi connectivity index (χ1v) is 6.77. The molecular formula is C14H31N3O. The lowest BCUT2D eigenvalue weighted by Gasteiger charge is -2.28. The van der Waals surface area contributed by atoms with Crippen LogP contribution in [0.2, 0.25) is 0 Å². The average Bonchev–Trinajstić information content (AvgIpc) is 2.23. The second-order valence-electron chi connectivity index (χ2n) is 6.61. The fourth-order valence-electron chi connectivity index (χ4n) is 2.06. The van der Waals surface area contributed by atoms with Gasteiger partial charge in [-0.3, -0.25) is 4.79 Å². The van der Waals surface area contributed by atoms with E-state index in [2.05, 4.69) is 25.7 Å². The van der Waals surface area contributed by atoms with E-state index in [9.17, 15) is 4.79 Å². The molecule has 0 aromatic carbocycles. The van der Waals surface area contributed by atoms with Crippen LogP contribution in [-0.2, 0) is 4.79 Å². The summed E-state index contributed by atoms with van der Waals surface area (Å²) in [6, 6.07) is 0. The Bertz CT molecular complexity index is 246. The number of hydrogen-bond acceptors (Lipinski definition) is 3. The number of amides is 1. The van der Waals surface area contributed by atoms with Gasteiger partial charge in [0.05, 0.1) is 5.92 Å². The standard InChI is InChI=1S/C14H31N3O/c1-14(2,3)10-12(11-15)13(18)17(6)9-7-8-16(4)5/h12H,7-11,15H2,1-6H3. The summed E-state index contributed by atoms with van der Waals surface area (Å²) in [7, 11) is 5.97. The maximum Gasteiger partial charge on any atom is 0.226 e. The number of nitrogens with zero attached hydrogens (tertiary/aromatic N) is 2. The molecule has 108 valence electrons. The van der Waals surface area contributed by atoms with Crippen molar-refractivity contribution < 1.29 is 4.79 Å². The van der Waals surface area contributed by atoms with Gasteiger partial charge < -0.3 is 15.5 Å². The van der Waals surface area contributed by atoms with E-state index in [1.807, 2.05) is 26.0 Å². The normalized spacial score (nSPS) is 13.8. The quantitative estimate of drug-likeness (QED) is 0.750. The van der Waals surface area contributed by atoms with Crippen molar-refractivity contribution in [3.05, 3.63) is 0 Å². The van der Waals surface area contributed by atoms with Gasteiger partial charge in [-0.05, 0) is 38.9 Å². The van der Waals surface area contributed by atoms with Crippen molar-refractivity contribution in [2.75, 3.05) is 40.8 Å². The molecule has 0 aromatic rings. The largest absolute Gasteiger partial charge is 0.345 e. The third-order valence-electron chi connectivity index (χ3n) is 2.97. The summed E-state index contributed by atoms with van der Waals surface area (Å²) in [5.74, 6) is 0.139. The van der Waals surface area contributed by atoms with Crippen LogP contribution < -0.4 is 5.73 Å². The average molecular weight is 257 g/mol. The predicted octanol–water partition coefficient (Wildman–Crippen LogP) is 1.41. The molecule has 4 nitrogen and oxygen atoms in total. The van der Waals surface area contributed by atoms with Crippen molar-refractivity contribution in [3.63, 3.8) is 0 Å². The first-order valence-electron chi connectivity index (χ1n) is 6.77. The molecule has 4 heteroatoms. The SMILES string of the molecule is CN(C)CCCN(C)C(=O)C(CN)CC(C)(C)C. The lowest BCUT2D eigenvalue weighted by Crippen LogP contribution is -2.39. The van der Waals surface area contributed by atoms with Crippen LogP contribution in [0.4, 0.5) is 0 Å². The summed E-state index contributed by atoms with van der Waals surface area (Å²) in [6.07, 6.45) is 1.85. The van der Waals surface area contributed by atoms with Crippen LogP contribution >= 0.6 is 0 Å². The number of carbonyl (C=O) groups is 1. The molecule has 0 heterocycles. The highest BCUT2D eigenvalue weighted by atomic mass is 16.2. The van der Waals surface area contributed by atoms with Gasteiger partial charge in [0.15, 0.2) is 0 Å². The maximum absolute atomic E-state index is 12.3. The molecule has 18 heavy (non-hydrogen) atoms. The molecule has 0 bridgehead atoms. The van der Waals surface area contributed by atoms with E-state index in [4.69, 9.17) is 5.73 Å². The van der Waals surface area contributed by atoms with E-state index in [1.54, 1.807) is 0 Å². The number of carbonyl (C=O) groups excluding carboxylic acids is 1. The van der Waals surface area contributed by atoms with E-state index in [0.717, 1.165) is 25.9 Å². The van der Waals surface area contributed by atoms with Crippen LogP contribution in [0, 0.1) is 11.3 Å².